The van der Waals surface area contributed by atoms with Crippen LogP contribution in [0.25, 0.3) is 0 Å². The summed E-state index contributed by atoms with van der Waals surface area (Å²) in [4.78, 5) is 50.8. The second-order valence-electron chi connectivity index (χ2n) is 17.4. The van der Waals surface area contributed by atoms with Crippen LogP contribution in [0.3, 0.4) is 0 Å². The van der Waals surface area contributed by atoms with Crippen molar-refractivity contribution in [2.75, 3.05) is 13.2 Å². The van der Waals surface area contributed by atoms with Gasteiger partial charge in [0, 0.05) is 19.3 Å². The molecule has 12 nitrogen and oxygen atoms in total. The lowest BCUT2D eigenvalue weighted by atomic mass is 9.98. The maximum Gasteiger partial charge on any atom is 0.335 e. The molecular weight excluding hydrogens is 901 g/mol. The number of carboxylic acid groups (broad SMARTS) is 1. The Morgan fingerprint density at radius 1 is 0.479 bits per heavy atom. The third-order valence-corrected chi connectivity index (χ3v) is 11.0. The normalized spacial score (nSPS) is 19.5. The lowest BCUT2D eigenvalue weighted by Gasteiger charge is -2.40. The highest BCUT2D eigenvalue weighted by atomic mass is 16.7. The van der Waals surface area contributed by atoms with Crippen LogP contribution in [0.4, 0.5) is 0 Å². The molecule has 398 valence electrons. The SMILES string of the molecule is CC/C=C\C/C=C\C/C=C\C/C=C\CCCCC(=O)OCC(COC1OC(C(=O)O)C(O)C(O)C1OC(=O)CCCCCCC/C=C\C/C=C\CCC)OC(=O)CC/C=C\C/C=C\C/C=C\C/C=C\CC. The zero-order valence-corrected chi connectivity index (χ0v) is 43.4. The Morgan fingerprint density at radius 2 is 0.915 bits per heavy atom. The molecule has 71 heavy (non-hydrogen) atoms. The van der Waals surface area contributed by atoms with E-state index in [2.05, 4.69) is 124 Å². The van der Waals surface area contributed by atoms with E-state index in [9.17, 15) is 34.5 Å². The van der Waals surface area contributed by atoms with Gasteiger partial charge in [0.15, 0.2) is 24.6 Å². The Kier molecular flexibility index (Phi) is 41.7. The molecule has 0 aromatic rings. The predicted molar refractivity (Wildman–Crippen MR) is 284 cm³/mol. The molecule has 0 saturated carbocycles. The quantitative estimate of drug-likeness (QED) is 0.0229. The van der Waals surface area contributed by atoms with Crippen LogP contribution < -0.4 is 0 Å². The van der Waals surface area contributed by atoms with Crippen molar-refractivity contribution >= 4 is 23.9 Å². The second kappa shape index (κ2) is 46.2. The first-order chi connectivity index (χ1) is 34.6. The van der Waals surface area contributed by atoms with E-state index in [0.717, 1.165) is 109 Å². The van der Waals surface area contributed by atoms with E-state index in [-0.39, 0.29) is 25.9 Å². The fourth-order valence-corrected chi connectivity index (χ4v) is 7.00. The lowest BCUT2D eigenvalue weighted by Crippen LogP contribution is -2.61. The van der Waals surface area contributed by atoms with Gasteiger partial charge in [0.25, 0.3) is 0 Å². The minimum atomic E-state index is -1.93. The molecule has 1 saturated heterocycles. The fraction of sp³-hybridized carbons (Fsp3) is 0.593. The van der Waals surface area contributed by atoms with Gasteiger partial charge in [0.2, 0.25) is 0 Å². The van der Waals surface area contributed by atoms with E-state index in [1.165, 1.54) is 0 Å². The predicted octanol–water partition coefficient (Wildman–Crippen LogP) is 12.9. The van der Waals surface area contributed by atoms with E-state index in [0.29, 0.717) is 25.7 Å². The number of ether oxygens (including phenoxy) is 5. The van der Waals surface area contributed by atoms with Gasteiger partial charge in [-0.25, -0.2) is 4.79 Å². The Balaban J connectivity index is 2.82. The van der Waals surface area contributed by atoms with Crippen LogP contribution in [-0.4, -0.2) is 89.2 Å². The highest BCUT2D eigenvalue weighted by Crippen LogP contribution is 2.26. The van der Waals surface area contributed by atoms with Crippen molar-refractivity contribution in [3.63, 3.8) is 0 Å². The molecule has 0 amide bonds. The Morgan fingerprint density at radius 3 is 1.44 bits per heavy atom. The molecule has 3 N–H and O–H groups in total. The molecule has 1 heterocycles. The summed E-state index contributed by atoms with van der Waals surface area (Å²) in [6.45, 7) is 5.55. The average molecular weight is 991 g/mol. The van der Waals surface area contributed by atoms with Crippen molar-refractivity contribution < 1.29 is 58.2 Å². The summed E-state index contributed by atoms with van der Waals surface area (Å²) < 4.78 is 28.1. The van der Waals surface area contributed by atoms with Crippen LogP contribution in [-0.2, 0) is 42.9 Å². The second-order valence-corrected chi connectivity index (χ2v) is 17.4. The molecule has 0 aromatic carbocycles. The van der Waals surface area contributed by atoms with Crippen molar-refractivity contribution in [2.45, 2.75) is 212 Å². The molecule has 1 rings (SSSR count). The molecule has 6 unspecified atom stereocenters. The summed E-state index contributed by atoms with van der Waals surface area (Å²) >= 11 is 0. The Labute approximate surface area is 427 Å². The number of aliphatic hydroxyl groups excluding tert-OH is 2. The number of rotatable bonds is 42. The highest BCUT2D eigenvalue weighted by molar-refractivity contribution is 5.74. The molecule has 0 radical (unpaired) electrons. The Hall–Kier alpha value is -4.88. The molecule has 0 bridgehead atoms. The van der Waals surface area contributed by atoms with Crippen molar-refractivity contribution in [2.24, 2.45) is 0 Å². The largest absolute Gasteiger partial charge is 0.479 e. The van der Waals surface area contributed by atoms with Crippen LogP contribution in [0.1, 0.15) is 175 Å². The molecule has 0 aromatic heterocycles. The molecule has 6 atom stereocenters. The first kappa shape index (κ1) is 64.1. The van der Waals surface area contributed by atoms with Gasteiger partial charge in [0.05, 0.1) is 6.61 Å². The van der Waals surface area contributed by atoms with E-state index >= 15 is 0 Å². The third kappa shape index (κ3) is 36.7. The maximum atomic E-state index is 13.0. The number of carbonyl (C=O) groups excluding carboxylic acids is 3. The summed E-state index contributed by atoms with van der Waals surface area (Å²) in [5, 5.41) is 31.3. The number of esters is 3. The molecular formula is C59H90O12. The van der Waals surface area contributed by atoms with Gasteiger partial charge in [-0.1, -0.05) is 168 Å². The topological polar surface area (TPSA) is 175 Å². The van der Waals surface area contributed by atoms with Gasteiger partial charge >= 0.3 is 23.9 Å². The number of carbonyl (C=O) groups is 4. The van der Waals surface area contributed by atoms with Crippen molar-refractivity contribution in [3.8, 4) is 0 Å². The van der Waals surface area contributed by atoms with E-state index in [4.69, 9.17) is 23.7 Å². The number of hydrogen-bond acceptors (Lipinski definition) is 11. The maximum absolute atomic E-state index is 13.0. The number of carboxylic acids is 1. The van der Waals surface area contributed by atoms with E-state index < -0.39 is 67.3 Å². The molecule has 1 fully saturated rings. The highest BCUT2D eigenvalue weighted by Gasteiger charge is 2.50. The molecule has 1 aliphatic rings. The zero-order valence-electron chi connectivity index (χ0n) is 43.4. The monoisotopic (exact) mass is 991 g/mol. The van der Waals surface area contributed by atoms with Crippen LogP contribution in [0, 0.1) is 0 Å². The number of aliphatic hydroxyl groups is 2. The lowest BCUT2D eigenvalue weighted by molar-refractivity contribution is -0.301. The summed E-state index contributed by atoms with van der Waals surface area (Å²) in [5.74, 6) is -3.33. The van der Waals surface area contributed by atoms with Crippen molar-refractivity contribution in [3.05, 3.63) is 122 Å². The van der Waals surface area contributed by atoms with Crippen LogP contribution in [0.2, 0.25) is 0 Å². The minimum absolute atomic E-state index is 0.0240. The van der Waals surface area contributed by atoms with Gasteiger partial charge in [0.1, 0.15) is 18.8 Å². The van der Waals surface area contributed by atoms with Gasteiger partial charge in [-0.15, -0.1) is 0 Å². The number of hydrogen-bond donors (Lipinski definition) is 3. The number of allylic oxidation sites excluding steroid dienone is 20. The van der Waals surface area contributed by atoms with Gasteiger partial charge in [-0.05, 0) is 109 Å². The standard InChI is InChI=1S/C59H90O12/c1-4-7-10-13-16-19-22-25-26-29-30-33-36-39-42-45-51(60)67-48-50(69-52(61)46-43-40-37-34-31-27-23-20-17-14-11-8-5-2)49-68-59-57(55(64)54(63)56(71-59)58(65)66)70-53(62)47-44-41-38-35-32-28-24-21-18-15-12-9-6-3/h7-8,10-12,15-17,19-21,24-27,30-31,33,37,40,50,54-57,59,63-64H,4-6,9,13-14,18,22-23,28-29,32,34-36,38-39,41-49H2,1-3H3,(H,65,66)/b10-7-,11-8-,15-12-,19-16-,20-17-,24-21-,26-25-,31-27-,33-30-,40-37-. The summed E-state index contributed by atoms with van der Waals surface area (Å²) in [5.41, 5.74) is 0. The molecule has 0 aliphatic carbocycles. The van der Waals surface area contributed by atoms with E-state index in [1.807, 2.05) is 18.2 Å². The molecule has 0 spiro atoms. The fourth-order valence-electron chi connectivity index (χ4n) is 7.00. The van der Waals surface area contributed by atoms with Gasteiger partial charge in [-0.3, -0.25) is 14.4 Å². The first-order valence-corrected chi connectivity index (χ1v) is 26.5. The smallest absolute Gasteiger partial charge is 0.335 e. The van der Waals surface area contributed by atoms with Crippen molar-refractivity contribution in [1.29, 1.82) is 0 Å². The van der Waals surface area contributed by atoms with Gasteiger partial charge < -0.3 is 39.0 Å². The third-order valence-electron chi connectivity index (χ3n) is 11.0. The van der Waals surface area contributed by atoms with Crippen LogP contribution in [0.15, 0.2) is 122 Å². The van der Waals surface area contributed by atoms with E-state index in [1.54, 1.807) is 0 Å². The minimum Gasteiger partial charge on any atom is -0.479 e. The summed E-state index contributed by atoms with van der Waals surface area (Å²) in [6, 6.07) is 0. The molecule has 12 heteroatoms. The number of unbranched alkanes of at least 4 members (excludes halogenated alkanes) is 8. The van der Waals surface area contributed by atoms with Gasteiger partial charge in [-0.2, -0.15) is 0 Å². The summed E-state index contributed by atoms with van der Waals surface area (Å²) in [7, 11) is 0. The average Bonchev–Trinajstić information content (AvgIpc) is 3.35. The van der Waals surface area contributed by atoms with Crippen molar-refractivity contribution in [1.82, 2.24) is 0 Å². The first-order valence-electron chi connectivity index (χ1n) is 26.5. The zero-order chi connectivity index (χ0) is 51.8. The van der Waals surface area contributed by atoms with Crippen LogP contribution in [0.5, 0.6) is 0 Å². The molecule has 1 aliphatic heterocycles. The summed E-state index contributed by atoms with van der Waals surface area (Å²) in [6.07, 6.45) is 50.6. The Bertz CT molecular complexity index is 1700. The van der Waals surface area contributed by atoms with Crippen LogP contribution >= 0.6 is 0 Å². The number of aliphatic carboxylic acids is 1.